The van der Waals surface area contributed by atoms with Gasteiger partial charge in [0.1, 0.15) is 17.1 Å². The van der Waals surface area contributed by atoms with Gasteiger partial charge in [-0.3, -0.25) is 4.79 Å². The van der Waals surface area contributed by atoms with Gasteiger partial charge in [0.25, 0.3) is 5.91 Å². The van der Waals surface area contributed by atoms with Crippen molar-refractivity contribution < 1.29 is 18.0 Å². The number of halogens is 3. The highest BCUT2D eigenvalue weighted by molar-refractivity contribution is 6.05. The van der Waals surface area contributed by atoms with Crippen molar-refractivity contribution in [3.8, 4) is 11.3 Å². The molecule has 0 radical (unpaired) electrons. The first-order valence-corrected chi connectivity index (χ1v) is 10.3. The number of amides is 1. The lowest BCUT2D eigenvalue weighted by atomic mass is 10.1. The Morgan fingerprint density at radius 1 is 1.09 bits per heavy atom. The van der Waals surface area contributed by atoms with Crippen LogP contribution in [0.3, 0.4) is 0 Å². The van der Waals surface area contributed by atoms with Crippen molar-refractivity contribution in [2.24, 2.45) is 0 Å². The Morgan fingerprint density at radius 3 is 2.58 bits per heavy atom. The summed E-state index contributed by atoms with van der Waals surface area (Å²) in [5, 5.41) is 10.5. The molecular formula is C23H21F3N6O. The largest absolute Gasteiger partial charge is 0.417 e. The minimum atomic E-state index is -4.42. The number of carbonyl (C=O) groups is 1. The Labute approximate surface area is 187 Å². The van der Waals surface area contributed by atoms with Gasteiger partial charge in [-0.25, -0.2) is 14.5 Å². The average Bonchev–Trinajstić information content (AvgIpc) is 3.19. The van der Waals surface area contributed by atoms with Crippen LogP contribution in [-0.2, 0) is 6.18 Å². The van der Waals surface area contributed by atoms with Crippen molar-refractivity contribution in [1.82, 2.24) is 24.9 Å². The van der Waals surface area contributed by atoms with Crippen LogP contribution in [0.1, 0.15) is 29.3 Å². The van der Waals surface area contributed by atoms with Gasteiger partial charge in [0, 0.05) is 36.7 Å². The van der Waals surface area contributed by atoms with Crippen LogP contribution in [0.25, 0.3) is 16.9 Å². The van der Waals surface area contributed by atoms with Crippen LogP contribution in [0.15, 0.2) is 67.1 Å². The minimum Gasteiger partial charge on any atom is -0.370 e. The molecule has 0 fully saturated rings. The summed E-state index contributed by atoms with van der Waals surface area (Å²) in [4.78, 5) is 21.3. The number of alkyl halides is 3. The van der Waals surface area contributed by atoms with Crippen LogP contribution in [0.2, 0.25) is 0 Å². The number of benzene rings is 1. The highest BCUT2D eigenvalue weighted by atomic mass is 19.4. The second kappa shape index (κ2) is 9.27. The lowest BCUT2D eigenvalue weighted by molar-refractivity contribution is -0.137. The Balaban J connectivity index is 1.42. The summed E-state index contributed by atoms with van der Waals surface area (Å²) in [6, 6.07) is 13.2. The molecule has 0 saturated heterocycles. The Morgan fingerprint density at radius 2 is 1.88 bits per heavy atom. The van der Waals surface area contributed by atoms with E-state index in [1.807, 2.05) is 37.3 Å². The molecule has 4 aromatic rings. The third-order valence-corrected chi connectivity index (χ3v) is 5.02. The molecule has 170 valence electrons. The maximum atomic E-state index is 13.1. The molecule has 4 rings (SSSR count). The summed E-state index contributed by atoms with van der Waals surface area (Å²) in [6.45, 7) is 2.26. The second-order valence-corrected chi connectivity index (χ2v) is 7.50. The number of hydrogen-bond donors (Lipinski definition) is 2. The number of rotatable bonds is 7. The summed E-state index contributed by atoms with van der Waals surface area (Å²) in [7, 11) is 0. The molecule has 1 atom stereocenters. The Bertz CT molecular complexity index is 1240. The van der Waals surface area contributed by atoms with E-state index < -0.39 is 11.7 Å². The molecule has 3 aromatic heterocycles. The van der Waals surface area contributed by atoms with Crippen LogP contribution in [0, 0.1) is 0 Å². The summed E-state index contributed by atoms with van der Waals surface area (Å²) >= 11 is 0. The molecule has 1 amide bonds. The first-order valence-electron chi connectivity index (χ1n) is 10.3. The van der Waals surface area contributed by atoms with E-state index in [0.29, 0.717) is 35.7 Å². The zero-order valence-electron chi connectivity index (χ0n) is 17.7. The van der Waals surface area contributed by atoms with Crippen molar-refractivity contribution in [2.75, 3.05) is 11.9 Å². The van der Waals surface area contributed by atoms with E-state index >= 15 is 0 Å². The van der Waals surface area contributed by atoms with Gasteiger partial charge in [0.15, 0.2) is 5.65 Å². The van der Waals surface area contributed by atoms with Gasteiger partial charge >= 0.3 is 6.18 Å². The molecular weight excluding hydrogens is 433 g/mol. The second-order valence-electron chi connectivity index (χ2n) is 7.50. The third kappa shape index (κ3) is 5.11. The van der Waals surface area contributed by atoms with Crippen LogP contribution < -0.4 is 10.6 Å². The number of pyridine rings is 1. The van der Waals surface area contributed by atoms with Gasteiger partial charge < -0.3 is 10.6 Å². The van der Waals surface area contributed by atoms with Crippen LogP contribution in [0.4, 0.5) is 19.0 Å². The fraction of sp³-hybridized carbons (Fsp3) is 0.217. The van der Waals surface area contributed by atoms with Crippen molar-refractivity contribution in [1.29, 1.82) is 0 Å². The SMILES string of the molecule is C[C@H](CCNc1ccc(C(F)(F)F)cn1)NC(=O)c1c(-c2ccccc2)nn2cccnc12. The summed E-state index contributed by atoms with van der Waals surface area (Å²) in [5.74, 6) is 0.0300. The van der Waals surface area contributed by atoms with Gasteiger partial charge in [0.2, 0.25) is 0 Å². The molecule has 3 heterocycles. The van der Waals surface area contributed by atoms with Crippen molar-refractivity contribution >= 4 is 17.4 Å². The zero-order valence-corrected chi connectivity index (χ0v) is 17.7. The van der Waals surface area contributed by atoms with E-state index in [4.69, 9.17) is 0 Å². The van der Waals surface area contributed by atoms with E-state index in [9.17, 15) is 18.0 Å². The summed E-state index contributed by atoms with van der Waals surface area (Å²) in [5.41, 5.74) is 1.37. The number of hydrogen-bond acceptors (Lipinski definition) is 5. The summed E-state index contributed by atoms with van der Waals surface area (Å²) in [6.07, 6.45) is 0.234. The molecule has 0 bridgehead atoms. The number of anilines is 1. The first-order chi connectivity index (χ1) is 15.8. The monoisotopic (exact) mass is 454 g/mol. The van der Waals surface area contributed by atoms with Crippen LogP contribution in [-0.4, -0.2) is 38.1 Å². The molecule has 0 aliphatic rings. The highest BCUT2D eigenvalue weighted by Gasteiger charge is 2.30. The lowest BCUT2D eigenvalue weighted by Gasteiger charge is -2.15. The van der Waals surface area contributed by atoms with Crippen molar-refractivity contribution in [2.45, 2.75) is 25.6 Å². The molecule has 2 N–H and O–H groups in total. The summed E-state index contributed by atoms with van der Waals surface area (Å²) < 4.78 is 39.5. The van der Waals surface area contributed by atoms with E-state index in [2.05, 4.69) is 25.7 Å². The lowest BCUT2D eigenvalue weighted by Crippen LogP contribution is -2.34. The van der Waals surface area contributed by atoms with Gasteiger partial charge in [-0.15, -0.1) is 0 Å². The van der Waals surface area contributed by atoms with E-state index in [0.717, 1.165) is 17.8 Å². The molecule has 0 saturated carbocycles. The molecule has 0 aliphatic carbocycles. The molecule has 33 heavy (non-hydrogen) atoms. The smallest absolute Gasteiger partial charge is 0.370 e. The normalized spacial score (nSPS) is 12.5. The highest BCUT2D eigenvalue weighted by Crippen LogP contribution is 2.29. The minimum absolute atomic E-state index is 0.221. The zero-order chi connectivity index (χ0) is 23.4. The fourth-order valence-electron chi connectivity index (χ4n) is 3.35. The Kier molecular flexibility index (Phi) is 6.25. The number of nitrogens with zero attached hydrogens (tertiary/aromatic N) is 4. The van der Waals surface area contributed by atoms with E-state index in [1.54, 1.807) is 23.0 Å². The molecule has 0 unspecified atom stereocenters. The standard InChI is InChI=1S/C23H21F3N6O/c1-15(10-12-27-18-9-8-17(14-29-18)23(24,25)26)30-22(33)19-20(16-6-3-2-4-7-16)31-32-13-5-11-28-21(19)32/h2-9,11,13-15H,10,12H2,1H3,(H,27,29)(H,30,33)/t15-/m1/s1. The molecule has 0 spiro atoms. The average molecular weight is 454 g/mol. The van der Waals surface area contributed by atoms with Gasteiger partial charge in [-0.1, -0.05) is 30.3 Å². The molecule has 7 nitrogen and oxygen atoms in total. The molecule has 1 aromatic carbocycles. The fourth-order valence-corrected chi connectivity index (χ4v) is 3.35. The van der Waals surface area contributed by atoms with Gasteiger partial charge in [0.05, 0.1) is 5.56 Å². The van der Waals surface area contributed by atoms with E-state index in [1.165, 1.54) is 6.07 Å². The number of fused-ring (bicyclic) bond motifs is 1. The van der Waals surface area contributed by atoms with Crippen molar-refractivity contribution in [3.63, 3.8) is 0 Å². The maximum absolute atomic E-state index is 13.1. The third-order valence-electron chi connectivity index (χ3n) is 5.02. The first kappa shape index (κ1) is 22.3. The molecule has 0 aliphatic heterocycles. The van der Waals surface area contributed by atoms with Gasteiger partial charge in [-0.05, 0) is 31.5 Å². The maximum Gasteiger partial charge on any atom is 0.417 e. The van der Waals surface area contributed by atoms with Crippen LogP contribution in [0.5, 0.6) is 0 Å². The quantitative estimate of drug-likeness (QED) is 0.432. The number of carbonyl (C=O) groups excluding carboxylic acids is 1. The topological polar surface area (TPSA) is 84.2 Å². The van der Waals surface area contributed by atoms with Crippen LogP contribution >= 0.6 is 0 Å². The van der Waals surface area contributed by atoms with Crippen molar-refractivity contribution in [3.05, 3.63) is 78.2 Å². The predicted molar refractivity (Wildman–Crippen MR) is 118 cm³/mol. The van der Waals surface area contributed by atoms with Gasteiger partial charge in [-0.2, -0.15) is 18.3 Å². The molecule has 10 heteroatoms. The number of aromatic nitrogens is 4. The Hall–Kier alpha value is -3.95. The number of nitrogens with one attached hydrogen (secondary N) is 2. The van der Waals surface area contributed by atoms with E-state index in [-0.39, 0.29) is 11.9 Å². The predicted octanol–water partition coefficient (Wildman–Crippen LogP) is 4.43.